The molecule has 0 spiro atoms. The number of primary amides is 1. The van der Waals surface area contributed by atoms with E-state index in [1.54, 1.807) is 0 Å². The van der Waals surface area contributed by atoms with Crippen LogP contribution in [0.1, 0.15) is 12.8 Å². The number of hydrogen-bond acceptors (Lipinski definition) is 4. The zero-order valence-corrected chi connectivity index (χ0v) is 14.1. The molecule has 1 amide bonds. The summed E-state index contributed by atoms with van der Waals surface area (Å²) in [5.74, 6) is -0.658. The van der Waals surface area contributed by atoms with Gasteiger partial charge in [-0.05, 0) is 28.8 Å². The zero-order valence-electron chi connectivity index (χ0n) is 9.40. The van der Waals surface area contributed by atoms with E-state index in [1.807, 2.05) is 0 Å². The molecule has 2 rings (SSSR count). The summed E-state index contributed by atoms with van der Waals surface area (Å²) < 4.78 is 26.7. The van der Waals surface area contributed by atoms with Crippen molar-refractivity contribution in [2.45, 2.75) is 23.8 Å². The van der Waals surface area contributed by atoms with Gasteiger partial charge in [0.2, 0.25) is 15.9 Å². The number of hydrogen-bond donors (Lipinski definition) is 1. The molecule has 5 nitrogen and oxygen atoms in total. The predicted molar refractivity (Wildman–Crippen MR) is 78.1 cm³/mol. The maximum atomic E-state index is 12.6. The predicted octanol–water partition coefficient (Wildman–Crippen LogP) is 2.46. The molecule has 1 aliphatic heterocycles. The van der Waals surface area contributed by atoms with Crippen molar-refractivity contribution >= 4 is 66.4 Å². The quantitative estimate of drug-likeness (QED) is 0.835. The Labute approximate surface area is 132 Å². The third-order valence-electron chi connectivity index (χ3n) is 2.83. The number of carbonyl (C=O) groups is 1. The lowest BCUT2D eigenvalue weighted by molar-refractivity contribution is -0.121. The Balaban J connectivity index is 2.51. The number of halogens is 3. The van der Waals surface area contributed by atoms with E-state index in [-0.39, 0.29) is 24.6 Å². The summed E-state index contributed by atoms with van der Waals surface area (Å²) >= 11 is 15.8. The van der Waals surface area contributed by atoms with Gasteiger partial charge in [-0.3, -0.25) is 4.79 Å². The van der Waals surface area contributed by atoms with E-state index in [9.17, 15) is 13.2 Å². The number of nitrogens with two attached hydrogens (primary N) is 1. The van der Waals surface area contributed by atoms with Gasteiger partial charge in [0.25, 0.3) is 0 Å². The summed E-state index contributed by atoms with van der Waals surface area (Å²) in [6.45, 7) is 0.242. The smallest absolute Gasteiger partial charge is 0.247 e. The normalized spacial score (nSPS) is 20.9. The fourth-order valence-corrected chi connectivity index (χ4v) is 7.14. The summed E-state index contributed by atoms with van der Waals surface area (Å²) in [7, 11) is -3.89. The van der Waals surface area contributed by atoms with Crippen LogP contribution < -0.4 is 5.73 Å². The second kappa shape index (κ2) is 5.50. The Bertz CT molecular complexity index is 632. The summed E-state index contributed by atoms with van der Waals surface area (Å²) in [4.78, 5) is 11.2. The van der Waals surface area contributed by atoms with Crippen LogP contribution in [0.15, 0.2) is 9.37 Å². The monoisotopic (exact) mass is 406 g/mol. The van der Waals surface area contributed by atoms with Gasteiger partial charge in [0.1, 0.15) is 19.6 Å². The van der Waals surface area contributed by atoms with Crippen molar-refractivity contribution in [2.24, 2.45) is 5.73 Å². The maximum Gasteiger partial charge on any atom is 0.247 e. The number of rotatable bonds is 3. The van der Waals surface area contributed by atoms with Gasteiger partial charge in [-0.1, -0.05) is 23.2 Å². The molecule has 2 N–H and O–H groups in total. The fourth-order valence-electron chi connectivity index (χ4n) is 1.99. The molecule has 1 saturated heterocycles. The van der Waals surface area contributed by atoms with Gasteiger partial charge in [0, 0.05) is 6.54 Å². The molecule has 0 aliphatic carbocycles. The number of carbonyl (C=O) groups excluding carboxylic acids is 1. The molecule has 106 valence electrons. The van der Waals surface area contributed by atoms with Crippen LogP contribution in [-0.2, 0) is 14.8 Å². The second-order valence-electron chi connectivity index (χ2n) is 3.97. The average Bonchev–Trinajstić information content (AvgIpc) is 2.85. The number of nitrogens with zero attached hydrogens (tertiary/aromatic N) is 1. The maximum absolute atomic E-state index is 12.6. The van der Waals surface area contributed by atoms with E-state index in [0.29, 0.717) is 12.8 Å². The topological polar surface area (TPSA) is 80.5 Å². The van der Waals surface area contributed by atoms with Crippen molar-refractivity contribution in [1.29, 1.82) is 0 Å². The molecule has 19 heavy (non-hydrogen) atoms. The second-order valence-corrected chi connectivity index (χ2v) is 8.81. The van der Waals surface area contributed by atoms with Crippen LogP contribution in [0.3, 0.4) is 0 Å². The molecular formula is C9H9BrCl2N2O3S2. The van der Waals surface area contributed by atoms with Crippen LogP contribution in [0, 0.1) is 0 Å². The summed E-state index contributed by atoms with van der Waals surface area (Å²) in [5.41, 5.74) is 5.23. The van der Waals surface area contributed by atoms with Gasteiger partial charge in [-0.25, -0.2) is 8.42 Å². The van der Waals surface area contributed by atoms with Crippen molar-refractivity contribution < 1.29 is 13.2 Å². The van der Waals surface area contributed by atoms with Crippen LogP contribution in [0.25, 0.3) is 0 Å². The van der Waals surface area contributed by atoms with E-state index < -0.39 is 22.0 Å². The molecule has 1 aromatic rings. The van der Waals surface area contributed by atoms with Crippen LogP contribution in [0.5, 0.6) is 0 Å². The SMILES string of the molecule is NC(=O)C1CCCN1S(=O)(=O)c1c(Cl)sc(Cl)c1Br. The lowest BCUT2D eigenvalue weighted by Crippen LogP contribution is -2.43. The standard InChI is InChI=1S/C9H9BrCl2N2O3S2/c10-5-6(8(12)18-7(5)11)19(16,17)14-3-1-2-4(14)9(13)15/h4H,1-3H2,(H2,13,15). The fraction of sp³-hybridized carbons (Fsp3) is 0.444. The van der Waals surface area contributed by atoms with Gasteiger partial charge in [-0.15, -0.1) is 11.3 Å². The Kier molecular flexibility index (Phi) is 4.49. The minimum Gasteiger partial charge on any atom is -0.368 e. The molecule has 10 heteroatoms. The molecule has 2 heterocycles. The van der Waals surface area contributed by atoms with Gasteiger partial charge >= 0.3 is 0 Å². The van der Waals surface area contributed by atoms with Gasteiger partial charge in [0.15, 0.2) is 0 Å². The number of amides is 1. The highest BCUT2D eigenvalue weighted by molar-refractivity contribution is 9.10. The van der Waals surface area contributed by atoms with Gasteiger partial charge in [0.05, 0.1) is 4.47 Å². The molecule has 1 fully saturated rings. The van der Waals surface area contributed by atoms with E-state index in [4.69, 9.17) is 28.9 Å². The molecule has 0 radical (unpaired) electrons. The highest BCUT2D eigenvalue weighted by Crippen LogP contribution is 2.44. The Hall–Kier alpha value is 0.140. The first-order valence-corrected chi connectivity index (χ1v) is 9.01. The van der Waals surface area contributed by atoms with Gasteiger partial charge < -0.3 is 5.73 Å². The minimum atomic E-state index is -3.89. The average molecular weight is 408 g/mol. The van der Waals surface area contributed by atoms with Crippen LogP contribution in [0.2, 0.25) is 8.67 Å². The first-order chi connectivity index (χ1) is 8.76. The first kappa shape index (κ1) is 15.5. The molecule has 0 bridgehead atoms. The molecule has 1 atom stereocenters. The summed E-state index contributed by atoms with van der Waals surface area (Å²) in [6, 6.07) is -0.827. The van der Waals surface area contributed by atoms with E-state index >= 15 is 0 Å². The highest BCUT2D eigenvalue weighted by Gasteiger charge is 2.41. The highest BCUT2D eigenvalue weighted by atomic mass is 79.9. The summed E-state index contributed by atoms with van der Waals surface area (Å²) in [5, 5.41) is 0. The lowest BCUT2D eigenvalue weighted by atomic mass is 10.2. The third kappa shape index (κ3) is 2.66. The molecular weight excluding hydrogens is 399 g/mol. The third-order valence-corrected chi connectivity index (χ3v) is 8.20. The molecule has 1 unspecified atom stereocenters. The Morgan fingerprint density at radius 1 is 1.42 bits per heavy atom. The Morgan fingerprint density at radius 3 is 2.53 bits per heavy atom. The molecule has 0 saturated carbocycles. The van der Waals surface area contributed by atoms with E-state index in [0.717, 1.165) is 15.6 Å². The molecule has 1 aromatic heterocycles. The minimum absolute atomic E-state index is 0.0620. The van der Waals surface area contributed by atoms with E-state index in [2.05, 4.69) is 15.9 Å². The lowest BCUT2D eigenvalue weighted by Gasteiger charge is -2.21. The number of sulfonamides is 1. The van der Waals surface area contributed by atoms with Crippen molar-refractivity contribution in [3.05, 3.63) is 13.1 Å². The van der Waals surface area contributed by atoms with Crippen LogP contribution in [-0.4, -0.2) is 31.2 Å². The van der Waals surface area contributed by atoms with Gasteiger partial charge in [-0.2, -0.15) is 4.31 Å². The van der Waals surface area contributed by atoms with Crippen LogP contribution in [0.4, 0.5) is 0 Å². The molecule has 1 aliphatic rings. The van der Waals surface area contributed by atoms with Crippen LogP contribution >= 0.6 is 50.5 Å². The zero-order chi connectivity index (χ0) is 14.4. The molecule has 0 aromatic carbocycles. The van der Waals surface area contributed by atoms with Crippen molar-refractivity contribution in [3.8, 4) is 0 Å². The van der Waals surface area contributed by atoms with Crippen molar-refractivity contribution in [3.63, 3.8) is 0 Å². The van der Waals surface area contributed by atoms with Crippen molar-refractivity contribution in [2.75, 3.05) is 6.54 Å². The Morgan fingerprint density at radius 2 is 2.05 bits per heavy atom. The van der Waals surface area contributed by atoms with E-state index in [1.165, 1.54) is 0 Å². The van der Waals surface area contributed by atoms with Crippen molar-refractivity contribution in [1.82, 2.24) is 4.31 Å². The summed E-state index contributed by atoms with van der Waals surface area (Å²) in [6.07, 6.45) is 1.00. The first-order valence-electron chi connectivity index (χ1n) is 5.21. The number of thiophene rings is 1. The largest absolute Gasteiger partial charge is 0.368 e.